The summed E-state index contributed by atoms with van der Waals surface area (Å²) in [6, 6.07) is 14.7. The van der Waals surface area contributed by atoms with Crippen LogP contribution in [0.1, 0.15) is 30.0 Å². The van der Waals surface area contributed by atoms with E-state index in [0.29, 0.717) is 47.1 Å². The summed E-state index contributed by atoms with van der Waals surface area (Å²) < 4.78 is 29.7. The first kappa shape index (κ1) is 21.3. The molecule has 0 aliphatic carbocycles. The first-order valence-electron chi connectivity index (χ1n) is 10.7. The number of nitrogens with one attached hydrogen (secondary N) is 2. The summed E-state index contributed by atoms with van der Waals surface area (Å²) in [5, 5.41) is 19.0. The zero-order valence-corrected chi connectivity index (χ0v) is 17.9. The Bertz CT molecular complexity index is 1430. The van der Waals surface area contributed by atoms with Gasteiger partial charge in [-0.3, -0.25) is 5.32 Å². The number of benzene rings is 2. The normalized spacial score (nSPS) is 15.3. The van der Waals surface area contributed by atoms with E-state index in [1.807, 2.05) is 11.0 Å². The molecule has 170 valence electrons. The molecule has 0 unspecified atom stereocenters. The van der Waals surface area contributed by atoms with Crippen molar-refractivity contribution in [2.45, 2.75) is 18.9 Å². The third kappa shape index (κ3) is 4.11. The van der Waals surface area contributed by atoms with E-state index in [-0.39, 0.29) is 6.04 Å². The average molecular weight is 459 g/mol. The van der Waals surface area contributed by atoms with Crippen molar-refractivity contribution in [3.05, 3.63) is 83.6 Å². The molecule has 0 radical (unpaired) electrons. The van der Waals surface area contributed by atoms with E-state index in [0.717, 1.165) is 18.6 Å². The number of nitrogens with zero attached hydrogens (tertiary/aromatic N) is 5. The molecule has 0 saturated carbocycles. The van der Waals surface area contributed by atoms with Gasteiger partial charge in [0, 0.05) is 17.8 Å². The van der Waals surface area contributed by atoms with Gasteiger partial charge in [-0.1, -0.05) is 6.07 Å². The summed E-state index contributed by atoms with van der Waals surface area (Å²) in [4.78, 5) is 18.7. The minimum absolute atomic E-state index is 0.294. The SMILES string of the molecule is N#Cc1cccc(NC(=O)Nc2cnc3ccc(N4CCC[C@@H]4c4cc(F)ccc4F)nn23)c1. The molecule has 0 spiro atoms. The number of carbonyl (C=O) groups excluding carboxylic acids is 1. The largest absolute Gasteiger partial charge is 0.348 e. The Morgan fingerprint density at radius 3 is 2.85 bits per heavy atom. The zero-order valence-electron chi connectivity index (χ0n) is 17.9. The van der Waals surface area contributed by atoms with Crippen LogP contribution in [0.15, 0.2) is 60.8 Å². The predicted molar refractivity (Wildman–Crippen MR) is 122 cm³/mol. The van der Waals surface area contributed by atoms with E-state index in [2.05, 4.69) is 20.7 Å². The van der Waals surface area contributed by atoms with Crippen LogP contribution in [0.2, 0.25) is 0 Å². The third-order valence-corrected chi connectivity index (χ3v) is 5.70. The Balaban J connectivity index is 1.40. The van der Waals surface area contributed by atoms with Gasteiger partial charge in [-0.05, 0) is 61.4 Å². The van der Waals surface area contributed by atoms with Gasteiger partial charge in [0.05, 0.1) is 23.9 Å². The molecule has 1 saturated heterocycles. The second-order valence-electron chi connectivity index (χ2n) is 7.89. The lowest BCUT2D eigenvalue weighted by Gasteiger charge is -2.26. The molecule has 2 aromatic carbocycles. The molecule has 2 N–H and O–H groups in total. The molecule has 1 aliphatic rings. The first-order valence-corrected chi connectivity index (χ1v) is 10.7. The molecule has 3 heterocycles. The van der Waals surface area contributed by atoms with Crippen molar-refractivity contribution in [2.24, 2.45) is 0 Å². The van der Waals surface area contributed by atoms with Gasteiger partial charge in [0.2, 0.25) is 0 Å². The molecule has 5 rings (SSSR count). The fraction of sp³-hybridized carbons (Fsp3) is 0.167. The third-order valence-electron chi connectivity index (χ3n) is 5.70. The number of nitriles is 1. The highest BCUT2D eigenvalue weighted by atomic mass is 19.1. The van der Waals surface area contributed by atoms with Crippen molar-refractivity contribution < 1.29 is 13.6 Å². The van der Waals surface area contributed by atoms with Crippen LogP contribution in [0.25, 0.3) is 5.65 Å². The van der Waals surface area contributed by atoms with Crippen LogP contribution in [0.3, 0.4) is 0 Å². The van der Waals surface area contributed by atoms with Crippen molar-refractivity contribution in [3.8, 4) is 6.07 Å². The highest BCUT2D eigenvalue weighted by Gasteiger charge is 2.30. The lowest BCUT2D eigenvalue weighted by atomic mass is 10.0. The molecule has 2 amide bonds. The minimum atomic E-state index is -0.523. The molecule has 8 nitrogen and oxygen atoms in total. The number of imidazole rings is 1. The topological polar surface area (TPSA) is 98.3 Å². The van der Waals surface area contributed by atoms with E-state index in [9.17, 15) is 13.6 Å². The molecule has 1 atom stereocenters. The number of urea groups is 1. The summed E-state index contributed by atoms with van der Waals surface area (Å²) >= 11 is 0. The summed E-state index contributed by atoms with van der Waals surface area (Å²) in [5.41, 5.74) is 1.70. The van der Waals surface area contributed by atoms with Gasteiger partial charge < -0.3 is 10.2 Å². The summed E-state index contributed by atoms with van der Waals surface area (Å²) in [6.45, 7) is 0.631. The maximum absolute atomic E-state index is 14.4. The fourth-order valence-corrected chi connectivity index (χ4v) is 4.18. The van der Waals surface area contributed by atoms with Gasteiger partial charge in [0.15, 0.2) is 11.5 Å². The number of halogens is 2. The highest BCUT2D eigenvalue weighted by Crippen LogP contribution is 2.36. The Kier molecular flexibility index (Phi) is 5.51. The van der Waals surface area contributed by atoms with Gasteiger partial charge in [-0.2, -0.15) is 9.78 Å². The van der Waals surface area contributed by atoms with Gasteiger partial charge in [-0.15, -0.1) is 5.10 Å². The van der Waals surface area contributed by atoms with Crippen LogP contribution in [-0.2, 0) is 0 Å². The standard InChI is InChI=1S/C24H19F2N7O/c25-16-6-7-19(26)18(12-16)20-5-2-10-32(20)22-9-8-21-28-14-23(33(21)31-22)30-24(34)29-17-4-1-3-15(11-17)13-27/h1,3-4,6-9,11-12,14,20H,2,5,10H2,(H2,29,30,34)/t20-/m1/s1. The molecule has 2 aromatic heterocycles. The zero-order chi connectivity index (χ0) is 23.7. The van der Waals surface area contributed by atoms with Crippen LogP contribution in [0.5, 0.6) is 0 Å². The van der Waals surface area contributed by atoms with E-state index in [1.54, 1.807) is 36.4 Å². The Morgan fingerprint density at radius 1 is 1.12 bits per heavy atom. The maximum Gasteiger partial charge on any atom is 0.324 e. The molecule has 1 fully saturated rings. The smallest absolute Gasteiger partial charge is 0.324 e. The van der Waals surface area contributed by atoms with Gasteiger partial charge in [-0.25, -0.2) is 18.6 Å². The molecule has 1 aliphatic heterocycles. The maximum atomic E-state index is 14.4. The van der Waals surface area contributed by atoms with Crippen molar-refractivity contribution in [1.29, 1.82) is 5.26 Å². The van der Waals surface area contributed by atoms with Crippen molar-refractivity contribution in [1.82, 2.24) is 14.6 Å². The molecule has 4 aromatic rings. The number of carbonyl (C=O) groups is 1. The van der Waals surface area contributed by atoms with Crippen LogP contribution < -0.4 is 15.5 Å². The van der Waals surface area contributed by atoms with Gasteiger partial charge in [0.1, 0.15) is 17.5 Å². The molecule has 0 bridgehead atoms. The first-order chi connectivity index (χ1) is 16.5. The number of hydrogen-bond donors (Lipinski definition) is 2. The molecular weight excluding hydrogens is 440 g/mol. The predicted octanol–water partition coefficient (Wildman–Crippen LogP) is 4.86. The van der Waals surface area contributed by atoms with Crippen molar-refractivity contribution in [2.75, 3.05) is 22.1 Å². The van der Waals surface area contributed by atoms with Crippen LogP contribution in [0.4, 0.5) is 30.9 Å². The van der Waals surface area contributed by atoms with E-state index < -0.39 is 17.7 Å². The number of rotatable bonds is 4. The lowest BCUT2D eigenvalue weighted by Crippen LogP contribution is -2.25. The molecule has 34 heavy (non-hydrogen) atoms. The van der Waals surface area contributed by atoms with Crippen LogP contribution in [-0.4, -0.2) is 27.2 Å². The average Bonchev–Trinajstić information content (AvgIpc) is 3.48. The monoisotopic (exact) mass is 459 g/mol. The Morgan fingerprint density at radius 2 is 2.00 bits per heavy atom. The van der Waals surface area contributed by atoms with Crippen LogP contribution >= 0.6 is 0 Å². The minimum Gasteiger partial charge on any atom is -0.348 e. The fourth-order valence-electron chi connectivity index (χ4n) is 4.18. The summed E-state index contributed by atoms with van der Waals surface area (Å²) in [5.74, 6) is -0.0547. The number of hydrogen-bond acceptors (Lipinski definition) is 5. The second kappa shape index (κ2) is 8.78. The quantitative estimate of drug-likeness (QED) is 0.454. The molecule has 10 heteroatoms. The second-order valence-corrected chi connectivity index (χ2v) is 7.89. The van der Waals surface area contributed by atoms with E-state index >= 15 is 0 Å². The molecular formula is C24H19F2N7O. The van der Waals surface area contributed by atoms with Gasteiger partial charge in [0.25, 0.3) is 0 Å². The highest BCUT2D eigenvalue weighted by molar-refractivity contribution is 5.99. The number of anilines is 3. The Labute approximate surface area is 193 Å². The number of aromatic nitrogens is 3. The summed E-state index contributed by atoms with van der Waals surface area (Å²) in [6.07, 6.45) is 2.95. The lowest BCUT2D eigenvalue weighted by molar-refractivity contribution is 0.262. The summed E-state index contributed by atoms with van der Waals surface area (Å²) in [7, 11) is 0. The van der Waals surface area contributed by atoms with Crippen molar-refractivity contribution >= 4 is 29.0 Å². The van der Waals surface area contributed by atoms with Crippen LogP contribution in [0, 0.1) is 23.0 Å². The van der Waals surface area contributed by atoms with E-state index in [4.69, 9.17) is 5.26 Å². The Hall–Kier alpha value is -4.52. The number of fused-ring (bicyclic) bond motifs is 1. The van der Waals surface area contributed by atoms with Crippen molar-refractivity contribution in [3.63, 3.8) is 0 Å². The van der Waals surface area contributed by atoms with Gasteiger partial charge >= 0.3 is 6.03 Å². The number of amides is 2. The van der Waals surface area contributed by atoms with E-state index in [1.165, 1.54) is 16.8 Å².